The Labute approximate surface area is 94.0 Å². The fraction of sp³-hybridized carbons (Fsp3) is 0.455. The Balaban J connectivity index is 2.00. The lowest BCUT2D eigenvalue weighted by Crippen LogP contribution is -2.39. The van der Waals surface area contributed by atoms with E-state index < -0.39 is 0 Å². The second kappa shape index (κ2) is 4.96. The van der Waals surface area contributed by atoms with Crippen LogP contribution in [0.3, 0.4) is 0 Å². The van der Waals surface area contributed by atoms with Gasteiger partial charge in [-0.25, -0.2) is 8.70 Å². The third-order valence-electron chi connectivity index (χ3n) is 2.44. The second-order valence-corrected chi connectivity index (χ2v) is 4.85. The zero-order valence-corrected chi connectivity index (χ0v) is 9.61. The van der Waals surface area contributed by atoms with Gasteiger partial charge in [0.2, 0.25) is 0 Å². The third-order valence-corrected chi connectivity index (χ3v) is 3.53. The lowest BCUT2D eigenvalue weighted by molar-refractivity contribution is 0.396. The van der Waals surface area contributed by atoms with Crippen molar-refractivity contribution in [1.82, 2.24) is 9.62 Å². The van der Waals surface area contributed by atoms with E-state index in [0.717, 1.165) is 36.6 Å². The number of aryl methyl sites for hydroxylation is 1. The van der Waals surface area contributed by atoms with E-state index in [1.807, 2.05) is 12.1 Å². The minimum absolute atomic E-state index is 0.125. The Bertz CT molecular complexity index is 337. The summed E-state index contributed by atoms with van der Waals surface area (Å²) in [7, 11) is 0. The van der Waals surface area contributed by atoms with Crippen LogP contribution in [0.25, 0.3) is 0 Å². The predicted molar refractivity (Wildman–Crippen MR) is 61.4 cm³/mol. The standard InChI is InChI=1S/C11H15FN2S/c1-9-8-10(2-3-11(9)12)15-14-6-4-13-5-7-14/h2-3,8,13H,4-7H2,1H3. The van der Waals surface area contributed by atoms with Gasteiger partial charge in [0.05, 0.1) is 0 Å². The van der Waals surface area contributed by atoms with Gasteiger partial charge in [0.25, 0.3) is 0 Å². The van der Waals surface area contributed by atoms with Gasteiger partial charge in [-0.3, -0.25) is 0 Å². The highest BCUT2D eigenvalue weighted by Crippen LogP contribution is 2.24. The fourth-order valence-electron chi connectivity index (χ4n) is 1.56. The van der Waals surface area contributed by atoms with Gasteiger partial charge < -0.3 is 5.32 Å². The molecule has 0 radical (unpaired) electrons. The first-order valence-electron chi connectivity index (χ1n) is 5.15. The van der Waals surface area contributed by atoms with Crippen LogP contribution in [0.15, 0.2) is 23.1 Å². The molecule has 1 fully saturated rings. The Morgan fingerprint density at radius 1 is 1.33 bits per heavy atom. The van der Waals surface area contributed by atoms with Gasteiger partial charge in [-0.15, -0.1) is 0 Å². The molecule has 1 heterocycles. The molecule has 0 spiro atoms. The molecule has 82 valence electrons. The molecule has 1 aliphatic rings. The van der Waals surface area contributed by atoms with E-state index in [9.17, 15) is 4.39 Å². The van der Waals surface area contributed by atoms with Gasteiger partial charge >= 0.3 is 0 Å². The van der Waals surface area contributed by atoms with Crippen molar-refractivity contribution in [2.45, 2.75) is 11.8 Å². The first-order chi connectivity index (χ1) is 7.25. The van der Waals surface area contributed by atoms with Crippen LogP contribution in [0.4, 0.5) is 4.39 Å². The Kier molecular flexibility index (Phi) is 3.61. The molecule has 0 aliphatic carbocycles. The molecule has 0 unspecified atom stereocenters. The van der Waals surface area contributed by atoms with Gasteiger partial charge in [0, 0.05) is 31.1 Å². The first kappa shape index (κ1) is 10.9. The average Bonchev–Trinajstić information content (AvgIpc) is 2.25. The molecule has 0 atom stereocenters. The molecular weight excluding hydrogens is 211 g/mol. The normalized spacial score (nSPS) is 18.0. The predicted octanol–water partition coefficient (Wildman–Crippen LogP) is 2.05. The Morgan fingerprint density at radius 2 is 2.07 bits per heavy atom. The molecule has 1 aliphatic heterocycles. The zero-order chi connectivity index (χ0) is 10.7. The van der Waals surface area contributed by atoms with Gasteiger partial charge in [-0.2, -0.15) is 0 Å². The summed E-state index contributed by atoms with van der Waals surface area (Å²) in [5, 5.41) is 3.31. The van der Waals surface area contributed by atoms with E-state index in [1.165, 1.54) is 0 Å². The quantitative estimate of drug-likeness (QED) is 0.777. The number of nitrogens with zero attached hydrogens (tertiary/aromatic N) is 1. The number of nitrogens with one attached hydrogen (secondary N) is 1. The van der Waals surface area contributed by atoms with Crippen molar-refractivity contribution in [3.63, 3.8) is 0 Å². The molecule has 1 N–H and O–H groups in total. The fourth-order valence-corrected chi connectivity index (χ4v) is 2.58. The lowest BCUT2D eigenvalue weighted by atomic mass is 10.2. The van der Waals surface area contributed by atoms with Crippen molar-refractivity contribution in [3.8, 4) is 0 Å². The maximum Gasteiger partial charge on any atom is 0.126 e. The molecule has 4 heteroatoms. The monoisotopic (exact) mass is 226 g/mol. The van der Waals surface area contributed by atoms with E-state index in [2.05, 4.69) is 9.62 Å². The number of benzene rings is 1. The Morgan fingerprint density at radius 3 is 2.73 bits per heavy atom. The average molecular weight is 226 g/mol. The minimum atomic E-state index is -0.125. The summed E-state index contributed by atoms with van der Waals surface area (Å²) in [6.07, 6.45) is 0. The number of rotatable bonds is 2. The van der Waals surface area contributed by atoms with Crippen LogP contribution in [0.5, 0.6) is 0 Å². The van der Waals surface area contributed by atoms with E-state index in [1.54, 1.807) is 24.9 Å². The van der Waals surface area contributed by atoms with Gasteiger partial charge in [-0.05, 0) is 42.6 Å². The molecule has 0 saturated carbocycles. The maximum absolute atomic E-state index is 13.0. The maximum atomic E-state index is 13.0. The summed E-state index contributed by atoms with van der Waals surface area (Å²) in [6.45, 7) is 5.96. The van der Waals surface area contributed by atoms with E-state index in [-0.39, 0.29) is 5.82 Å². The van der Waals surface area contributed by atoms with E-state index in [0.29, 0.717) is 0 Å². The number of hydrogen-bond donors (Lipinski definition) is 1. The highest BCUT2D eigenvalue weighted by molar-refractivity contribution is 7.97. The van der Waals surface area contributed by atoms with E-state index in [4.69, 9.17) is 0 Å². The van der Waals surface area contributed by atoms with Crippen LogP contribution < -0.4 is 5.32 Å². The molecule has 0 bridgehead atoms. The molecule has 0 aromatic heterocycles. The molecule has 15 heavy (non-hydrogen) atoms. The largest absolute Gasteiger partial charge is 0.314 e. The molecule has 1 saturated heterocycles. The van der Waals surface area contributed by atoms with Crippen LogP contribution in [-0.2, 0) is 0 Å². The van der Waals surface area contributed by atoms with Crippen LogP contribution in [0, 0.1) is 12.7 Å². The van der Waals surface area contributed by atoms with Crippen molar-refractivity contribution < 1.29 is 4.39 Å². The molecule has 2 rings (SSSR count). The van der Waals surface area contributed by atoms with Gasteiger partial charge in [-0.1, -0.05) is 0 Å². The molecule has 0 amide bonds. The molecular formula is C11H15FN2S. The summed E-state index contributed by atoms with van der Waals surface area (Å²) >= 11 is 1.71. The SMILES string of the molecule is Cc1cc(SN2CCNCC2)ccc1F. The van der Waals surface area contributed by atoms with Crippen molar-refractivity contribution in [2.75, 3.05) is 26.2 Å². The lowest BCUT2D eigenvalue weighted by Gasteiger charge is -2.25. The van der Waals surface area contributed by atoms with Crippen molar-refractivity contribution in [1.29, 1.82) is 0 Å². The number of hydrogen-bond acceptors (Lipinski definition) is 3. The van der Waals surface area contributed by atoms with Crippen LogP contribution >= 0.6 is 11.9 Å². The second-order valence-electron chi connectivity index (χ2n) is 3.68. The van der Waals surface area contributed by atoms with Crippen molar-refractivity contribution >= 4 is 11.9 Å². The summed E-state index contributed by atoms with van der Waals surface area (Å²) in [4.78, 5) is 1.12. The van der Waals surface area contributed by atoms with Crippen LogP contribution in [0.2, 0.25) is 0 Å². The summed E-state index contributed by atoms with van der Waals surface area (Å²) in [5.41, 5.74) is 0.718. The summed E-state index contributed by atoms with van der Waals surface area (Å²) < 4.78 is 15.4. The summed E-state index contributed by atoms with van der Waals surface area (Å²) in [5.74, 6) is -0.125. The molecule has 1 aromatic carbocycles. The number of halogens is 1. The summed E-state index contributed by atoms with van der Waals surface area (Å²) in [6, 6.07) is 5.29. The van der Waals surface area contributed by atoms with Crippen molar-refractivity contribution in [3.05, 3.63) is 29.6 Å². The smallest absolute Gasteiger partial charge is 0.126 e. The number of piperazine rings is 1. The zero-order valence-electron chi connectivity index (χ0n) is 8.79. The van der Waals surface area contributed by atoms with Crippen LogP contribution in [-0.4, -0.2) is 30.5 Å². The van der Waals surface area contributed by atoms with Crippen LogP contribution in [0.1, 0.15) is 5.56 Å². The van der Waals surface area contributed by atoms with Crippen molar-refractivity contribution in [2.24, 2.45) is 0 Å². The minimum Gasteiger partial charge on any atom is -0.314 e. The third kappa shape index (κ3) is 2.93. The highest BCUT2D eigenvalue weighted by atomic mass is 32.2. The molecule has 2 nitrogen and oxygen atoms in total. The molecule has 1 aromatic rings. The van der Waals surface area contributed by atoms with E-state index >= 15 is 0 Å². The first-order valence-corrected chi connectivity index (χ1v) is 5.93. The van der Waals surface area contributed by atoms with Gasteiger partial charge in [0.1, 0.15) is 5.82 Å². The topological polar surface area (TPSA) is 15.3 Å². The highest BCUT2D eigenvalue weighted by Gasteiger charge is 2.11. The Hall–Kier alpha value is -0.580. The van der Waals surface area contributed by atoms with Gasteiger partial charge in [0.15, 0.2) is 0 Å².